The maximum atomic E-state index is 3.73. The van der Waals surface area contributed by atoms with E-state index in [1.54, 1.807) is 0 Å². The van der Waals surface area contributed by atoms with Crippen molar-refractivity contribution in [2.75, 3.05) is 19.6 Å². The molecule has 0 aromatic carbocycles. The number of rotatable bonds is 5. The molecule has 1 N–H and O–H groups in total. The third kappa shape index (κ3) is 2.98. The van der Waals surface area contributed by atoms with E-state index in [1.807, 2.05) is 0 Å². The van der Waals surface area contributed by atoms with Gasteiger partial charge < -0.3 is 5.32 Å². The van der Waals surface area contributed by atoms with Gasteiger partial charge in [-0.3, -0.25) is 4.90 Å². The highest BCUT2D eigenvalue weighted by molar-refractivity contribution is 4.86. The molecule has 0 spiro atoms. The van der Waals surface area contributed by atoms with E-state index < -0.39 is 0 Å². The van der Waals surface area contributed by atoms with Gasteiger partial charge in [0, 0.05) is 18.6 Å². The predicted octanol–water partition coefficient (Wildman–Crippen LogP) is 2.64. The Morgan fingerprint density at radius 2 is 1.94 bits per heavy atom. The van der Waals surface area contributed by atoms with Crippen LogP contribution >= 0.6 is 0 Å². The SMILES string of the molecule is CCNC(CN1CCCC1C)C1CCCC1. The molecule has 0 radical (unpaired) electrons. The molecule has 2 unspecified atom stereocenters. The Morgan fingerprint density at radius 1 is 1.19 bits per heavy atom. The summed E-state index contributed by atoms with van der Waals surface area (Å²) in [5.74, 6) is 0.952. The highest BCUT2D eigenvalue weighted by atomic mass is 15.2. The summed E-state index contributed by atoms with van der Waals surface area (Å²) in [4.78, 5) is 2.70. The van der Waals surface area contributed by atoms with E-state index >= 15 is 0 Å². The Balaban J connectivity index is 1.85. The van der Waals surface area contributed by atoms with Crippen LogP contribution in [-0.4, -0.2) is 36.6 Å². The molecule has 1 aliphatic heterocycles. The van der Waals surface area contributed by atoms with Gasteiger partial charge in [-0.15, -0.1) is 0 Å². The van der Waals surface area contributed by atoms with Crippen molar-refractivity contribution in [1.82, 2.24) is 10.2 Å². The van der Waals surface area contributed by atoms with Crippen molar-refractivity contribution in [2.24, 2.45) is 5.92 Å². The second kappa shape index (κ2) is 6.02. The smallest absolute Gasteiger partial charge is 0.0223 e. The molecule has 2 fully saturated rings. The Morgan fingerprint density at radius 3 is 2.50 bits per heavy atom. The molecule has 16 heavy (non-hydrogen) atoms. The van der Waals surface area contributed by atoms with Crippen molar-refractivity contribution in [3.05, 3.63) is 0 Å². The summed E-state index contributed by atoms with van der Waals surface area (Å²) in [5, 5.41) is 3.73. The van der Waals surface area contributed by atoms with Gasteiger partial charge in [0.25, 0.3) is 0 Å². The van der Waals surface area contributed by atoms with Crippen LogP contribution in [0.2, 0.25) is 0 Å². The normalized spacial score (nSPS) is 30.0. The van der Waals surface area contributed by atoms with Crippen LogP contribution in [0.4, 0.5) is 0 Å². The number of nitrogens with zero attached hydrogens (tertiary/aromatic N) is 1. The lowest BCUT2D eigenvalue weighted by Crippen LogP contribution is -2.46. The summed E-state index contributed by atoms with van der Waals surface area (Å²) in [6.45, 7) is 8.39. The van der Waals surface area contributed by atoms with Crippen molar-refractivity contribution >= 4 is 0 Å². The molecular weight excluding hydrogens is 196 g/mol. The van der Waals surface area contributed by atoms with E-state index in [0.29, 0.717) is 0 Å². The lowest BCUT2D eigenvalue weighted by Gasteiger charge is -2.31. The Kier molecular flexibility index (Phi) is 4.66. The van der Waals surface area contributed by atoms with Crippen LogP contribution in [0.25, 0.3) is 0 Å². The monoisotopic (exact) mass is 224 g/mol. The summed E-state index contributed by atoms with van der Waals surface area (Å²) in [5.41, 5.74) is 0. The van der Waals surface area contributed by atoms with Gasteiger partial charge >= 0.3 is 0 Å². The standard InChI is InChI=1S/C14H28N2/c1-3-15-14(13-8-4-5-9-13)11-16-10-6-7-12(16)2/h12-15H,3-11H2,1-2H3. The quantitative estimate of drug-likeness (QED) is 0.772. The lowest BCUT2D eigenvalue weighted by atomic mass is 9.97. The fourth-order valence-corrected chi connectivity index (χ4v) is 3.52. The molecule has 2 rings (SSSR count). The zero-order chi connectivity index (χ0) is 11.4. The number of hydrogen-bond donors (Lipinski definition) is 1. The summed E-state index contributed by atoms with van der Waals surface area (Å²) in [6.07, 6.45) is 8.65. The molecular formula is C14H28N2. The van der Waals surface area contributed by atoms with Gasteiger partial charge in [-0.2, -0.15) is 0 Å². The number of likely N-dealkylation sites (N-methyl/N-ethyl adjacent to an activating group) is 1. The van der Waals surface area contributed by atoms with Gasteiger partial charge in [-0.1, -0.05) is 19.8 Å². The number of likely N-dealkylation sites (tertiary alicyclic amines) is 1. The first-order valence-corrected chi connectivity index (χ1v) is 7.28. The fourth-order valence-electron chi connectivity index (χ4n) is 3.52. The maximum Gasteiger partial charge on any atom is 0.0223 e. The third-order valence-corrected chi connectivity index (χ3v) is 4.56. The van der Waals surface area contributed by atoms with E-state index in [-0.39, 0.29) is 0 Å². The second-order valence-corrected chi connectivity index (χ2v) is 5.69. The van der Waals surface area contributed by atoms with Crippen molar-refractivity contribution in [2.45, 2.75) is 64.5 Å². The van der Waals surface area contributed by atoms with Gasteiger partial charge in [0.1, 0.15) is 0 Å². The van der Waals surface area contributed by atoms with Gasteiger partial charge in [0.05, 0.1) is 0 Å². The Labute approximate surface area is 101 Å². The molecule has 2 heteroatoms. The Bertz CT molecular complexity index is 199. The van der Waals surface area contributed by atoms with Crippen LogP contribution in [0, 0.1) is 5.92 Å². The average molecular weight is 224 g/mol. The molecule has 0 amide bonds. The first kappa shape index (κ1) is 12.4. The summed E-state index contributed by atoms with van der Waals surface area (Å²) >= 11 is 0. The molecule has 0 bridgehead atoms. The minimum absolute atomic E-state index is 0.757. The molecule has 1 heterocycles. The molecule has 94 valence electrons. The fraction of sp³-hybridized carbons (Fsp3) is 1.00. The van der Waals surface area contributed by atoms with Crippen molar-refractivity contribution in [3.63, 3.8) is 0 Å². The highest BCUT2D eigenvalue weighted by Crippen LogP contribution is 2.29. The molecule has 1 aliphatic carbocycles. The first-order valence-electron chi connectivity index (χ1n) is 7.28. The van der Waals surface area contributed by atoms with E-state index in [0.717, 1.165) is 24.5 Å². The zero-order valence-electron chi connectivity index (χ0n) is 11.0. The van der Waals surface area contributed by atoms with E-state index in [4.69, 9.17) is 0 Å². The molecule has 1 saturated heterocycles. The van der Waals surface area contributed by atoms with Crippen LogP contribution in [-0.2, 0) is 0 Å². The average Bonchev–Trinajstić information content (AvgIpc) is 2.90. The molecule has 2 nitrogen and oxygen atoms in total. The van der Waals surface area contributed by atoms with Gasteiger partial charge in [0.15, 0.2) is 0 Å². The molecule has 1 saturated carbocycles. The Hall–Kier alpha value is -0.0800. The van der Waals surface area contributed by atoms with E-state index in [9.17, 15) is 0 Å². The molecule has 0 aromatic rings. The largest absolute Gasteiger partial charge is 0.313 e. The van der Waals surface area contributed by atoms with Crippen molar-refractivity contribution < 1.29 is 0 Å². The zero-order valence-corrected chi connectivity index (χ0v) is 11.0. The number of nitrogens with one attached hydrogen (secondary N) is 1. The van der Waals surface area contributed by atoms with E-state index in [1.165, 1.54) is 51.6 Å². The van der Waals surface area contributed by atoms with Crippen LogP contribution in [0.1, 0.15) is 52.4 Å². The first-order chi connectivity index (χ1) is 7.81. The maximum absolute atomic E-state index is 3.73. The van der Waals surface area contributed by atoms with Crippen molar-refractivity contribution in [1.29, 1.82) is 0 Å². The molecule has 2 aliphatic rings. The van der Waals surface area contributed by atoms with Gasteiger partial charge in [0.2, 0.25) is 0 Å². The highest BCUT2D eigenvalue weighted by Gasteiger charge is 2.29. The number of hydrogen-bond acceptors (Lipinski definition) is 2. The van der Waals surface area contributed by atoms with Crippen LogP contribution in [0.15, 0.2) is 0 Å². The van der Waals surface area contributed by atoms with Crippen LogP contribution < -0.4 is 5.32 Å². The van der Waals surface area contributed by atoms with Crippen LogP contribution in [0.3, 0.4) is 0 Å². The van der Waals surface area contributed by atoms with Gasteiger partial charge in [-0.25, -0.2) is 0 Å². The summed E-state index contributed by atoms with van der Waals surface area (Å²) in [7, 11) is 0. The topological polar surface area (TPSA) is 15.3 Å². The molecule has 0 aromatic heterocycles. The lowest BCUT2D eigenvalue weighted by molar-refractivity contribution is 0.205. The second-order valence-electron chi connectivity index (χ2n) is 5.69. The minimum Gasteiger partial charge on any atom is -0.313 e. The van der Waals surface area contributed by atoms with Crippen molar-refractivity contribution in [3.8, 4) is 0 Å². The minimum atomic E-state index is 0.757. The third-order valence-electron chi connectivity index (χ3n) is 4.56. The van der Waals surface area contributed by atoms with Crippen LogP contribution in [0.5, 0.6) is 0 Å². The summed E-state index contributed by atoms with van der Waals surface area (Å²) < 4.78 is 0. The summed E-state index contributed by atoms with van der Waals surface area (Å²) in [6, 6.07) is 1.58. The predicted molar refractivity (Wildman–Crippen MR) is 69.7 cm³/mol. The van der Waals surface area contributed by atoms with E-state index in [2.05, 4.69) is 24.1 Å². The molecule has 2 atom stereocenters. The van der Waals surface area contributed by atoms with Gasteiger partial charge in [-0.05, 0) is 51.6 Å².